The van der Waals surface area contributed by atoms with Crippen LogP contribution < -0.4 is 0 Å². The van der Waals surface area contributed by atoms with Gasteiger partial charge in [-0.25, -0.2) is 0 Å². The Morgan fingerprint density at radius 1 is 0.308 bits per heavy atom. The molecule has 0 aliphatic heterocycles. The molecule has 0 aliphatic carbocycles. The molecule has 26 heavy (non-hydrogen) atoms. The van der Waals surface area contributed by atoms with Crippen LogP contribution in [0.5, 0.6) is 0 Å². The summed E-state index contributed by atoms with van der Waals surface area (Å²) in [6, 6.07) is 0. The molecule has 0 saturated carbocycles. The van der Waals surface area contributed by atoms with Crippen LogP contribution in [0.3, 0.4) is 0 Å². The zero-order chi connectivity index (χ0) is 19.0. The second kappa shape index (κ2) is 25.7. The Morgan fingerprint density at radius 3 is 0.846 bits per heavy atom. The molecule has 0 aromatic carbocycles. The summed E-state index contributed by atoms with van der Waals surface area (Å²) in [5.74, 6) is 2.74. The van der Waals surface area contributed by atoms with Crippen LogP contribution in [0.2, 0.25) is 0 Å². The van der Waals surface area contributed by atoms with Crippen LogP contribution in [0.15, 0.2) is 0 Å². The van der Waals surface area contributed by atoms with Crippen LogP contribution in [0.4, 0.5) is 0 Å². The van der Waals surface area contributed by atoms with Gasteiger partial charge in [0.25, 0.3) is 0 Å². The Labute approximate surface area is 175 Å². The van der Waals surface area contributed by atoms with E-state index in [-0.39, 0.29) is 0 Å². The fourth-order valence-electron chi connectivity index (χ4n) is 3.41. The lowest BCUT2D eigenvalue weighted by Crippen LogP contribution is -1.84. The van der Waals surface area contributed by atoms with Crippen molar-refractivity contribution < 1.29 is 0 Å². The summed E-state index contributed by atoms with van der Waals surface area (Å²) in [6.45, 7) is 4.59. The average molecular weight is 403 g/mol. The zero-order valence-electron chi connectivity index (χ0n) is 18.4. The first-order valence-corrected chi connectivity index (χ1v) is 14.6. The van der Waals surface area contributed by atoms with Crippen molar-refractivity contribution in [3.05, 3.63) is 0 Å². The first kappa shape index (κ1) is 26.7. The average Bonchev–Trinajstić information content (AvgIpc) is 2.66. The minimum Gasteiger partial charge on any atom is -0.0942 e. The molecule has 0 fully saturated rings. The smallest absolute Gasteiger partial charge is 0.00369 e. The maximum absolute atomic E-state index is 2.30. The summed E-state index contributed by atoms with van der Waals surface area (Å²) in [6.07, 6.45) is 29.1. The highest BCUT2D eigenvalue weighted by atomic mass is 33.1. The molecule has 158 valence electrons. The fourth-order valence-corrected chi connectivity index (χ4v) is 5.71. The van der Waals surface area contributed by atoms with Crippen LogP contribution in [-0.2, 0) is 0 Å². The van der Waals surface area contributed by atoms with Crippen molar-refractivity contribution in [1.82, 2.24) is 0 Å². The molecule has 0 radical (unpaired) electrons. The minimum atomic E-state index is 1.36. The van der Waals surface area contributed by atoms with E-state index in [0.717, 1.165) is 0 Å². The lowest BCUT2D eigenvalue weighted by molar-refractivity contribution is 0.532. The van der Waals surface area contributed by atoms with E-state index >= 15 is 0 Å². The van der Waals surface area contributed by atoms with Gasteiger partial charge in [0.15, 0.2) is 0 Å². The van der Waals surface area contributed by atoms with Crippen LogP contribution in [0.1, 0.15) is 142 Å². The van der Waals surface area contributed by atoms with E-state index in [2.05, 4.69) is 35.4 Å². The lowest BCUT2D eigenvalue weighted by atomic mass is 10.0. The van der Waals surface area contributed by atoms with E-state index in [1.165, 1.54) is 140 Å². The van der Waals surface area contributed by atoms with Crippen LogP contribution in [0.25, 0.3) is 0 Å². The van der Waals surface area contributed by atoms with E-state index in [1.54, 1.807) is 0 Å². The fraction of sp³-hybridized carbons (Fsp3) is 1.00. The molecule has 0 aromatic rings. The molecular weight excluding hydrogens is 352 g/mol. The summed E-state index contributed by atoms with van der Waals surface area (Å²) >= 11 is 0. The van der Waals surface area contributed by atoms with Crippen LogP contribution in [0, 0.1) is 0 Å². The van der Waals surface area contributed by atoms with E-state index in [9.17, 15) is 0 Å². The van der Waals surface area contributed by atoms with Gasteiger partial charge in [-0.1, -0.05) is 151 Å². The third-order valence-corrected chi connectivity index (χ3v) is 7.82. The molecule has 0 amide bonds. The first-order valence-electron chi connectivity index (χ1n) is 12.2. The maximum Gasteiger partial charge on any atom is 0.00369 e. The molecule has 0 rings (SSSR count). The Kier molecular flexibility index (Phi) is 26.4. The van der Waals surface area contributed by atoms with Crippen LogP contribution >= 0.6 is 21.6 Å². The summed E-state index contributed by atoms with van der Waals surface area (Å²) < 4.78 is 0. The van der Waals surface area contributed by atoms with Crippen molar-refractivity contribution in [3.63, 3.8) is 0 Å². The Bertz CT molecular complexity index is 206. The Hall–Kier alpha value is 0.700. The summed E-state index contributed by atoms with van der Waals surface area (Å²) in [4.78, 5) is 0. The van der Waals surface area contributed by atoms with Crippen molar-refractivity contribution in [3.8, 4) is 0 Å². The third kappa shape index (κ3) is 24.7. The highest BCUT2D eigenvalue weighted by Crippen LogP contribution is 2.24. The molecule has 0 spiro atoms. The molecule has 0 atom stereocenters. The van der Waals surface area contributed by atoms with Gasteiger partial charge in [-0.3, -0.25) is 0 Å². The van der Waals surface area contributed by atoms with Crippen molar-refractivity contribution >= 4 is 21.6 Å². The lowest BCUT2D eigenvalue weighted by Gasteiger charge is -2.04. The highest BCUT2D eigenvalue weighted by molar-refractivity contribution is 8.76. The molecule has 0 N–H and O–H groups in total. The molecule has 0 nitrogen and oxygen atoms in total. The van der Waals surface area contributed by atoms with E-state index in [4.69, 9.17) is 0 Å². The predicted octanol–water partition coefficient (Wildman–Crippen LogP) is 10.2. The van der Waals surface area contributed by atoms with Crippen LogP contribution in [-0.4, -0.2) is 11.5 Å². The van der Waals surface area contributed by atoms with Gasteiger partial charge >= 0.3 is 0 Å². The Balaban J connectivity index is 2.95. The predicted molar refractivity (Wildman–Crippen MR) is 129 cm³/mol. The maximum atomic E-state index is 2.30. The number of hydrogen-bond acceptors (Lipinski definition) is 2. The van der Waals surface area contributed by atoms with E-state index in [1.807, 2.05) is 0 Å². The molecule has 0 heterocycles. The second-order valence-electron chi connectivity index (χ2n) is 8.01. The van der Waals surface area contributed by atoms with Gasteiger partial charge in [0, 0.05) is 11.5 Å². The van der Waals surface area contributed by atoms with Gasteiger partial charge in [-0.2, -0.15) is 0 Å². The largest absolute Gasteiger partial charge is 0.0942 e. The van der Waals surface area contributed by atoms with Gasteiger partial charge in [-0.15, -0.1) is 0 Å². The van der Waals surface area contributed by atoms with E-state index in [0.29, 0.717) is 0 Å². The van der Waals surface area contributed by atoms with Crippen molar-refractivity contribution in [2.24, 2.45) is 0 Å². The SMILES string of the molecule is CCCCCCCCCCCCCCCCCCSSCCCCCC. The van der Waals surface area contributed by atoms with Gasteiger partial charge in [-0.05, 0) is 12.8 Å². The quantitative estimate of drug-likeness (QED) is 0.123. The standard InChI is InChI=1S/C24H50S2/c1-3-5-7-9-10-11-12-13-14-15-16-17-18-19-20-22-24-26-25-23-21-8-6-4-2/h3-24H2,1-2H3. The highest BCUT2D eigenvalue weighted by Gasteiger charge is 1.96. The van der Waals surface area contributed by atoms with Crippen molar-refractivity contribution in [2.45, 2.75) is 142 Å². The van der Waals surface area contributed by atoms with Gasteiger partial charge < -0.3 is 0 Å². The molecule has 0 unspecified atom stereocenters. The van der Waals surface area contributed by atoms with Gasteiger partial charge in [0.2, 0.25) is 0 Å². The summed E-state index contributed by atoms with van der Waals surface area (Å²) in [5, 5.41) is 0. The number of unbranched alkanes of at least 4 members (excludes halogenated alkanes) is 18. The number of rotatable bonds is 23. The monoisotopic (exact) mass is 402 g/mol. The topological polar surface area (TPSA) is 0 Å². The summed E-state index contributed by atoms with van der Waals surface area (Å²) in [5.41, 5.74) is 0. The summed E-state index contributed by atoms with van der Waals surface area (Å²) in [7, 11) is 4.22. The second-order valence-corrected chi connectivity index (χ2v) is 10.7. The Morgan fingerprint density at radius 2 is 0.538 bits per heavy atom. The molecule has 0 aliphatic rings. The zero-order valence-corrected chi connectivity index (χ0v) is 20.0. The van der Waals surface area contributed by atoms with Crippen molar-refractivity contribution in [1.29, 1.82) is 0 Å². The first-order chi connectivity index (χ1) is 12.9. The third-order valence-electron chi connectivity index (χ3n) is 5.25. The molecule has 0 bridgehead atoms. The number of hydrogen-bond donors (Lipinski definition) is 0. The van der Waals surface area contributed by atoms with Gasteiger partial charge in [0.1, 0.15) is 0 Å². The molecule has 0 aromatic heterocycles. The normalized spacial score (nSPS) is 11.3. The minimum absolute atomic E-state index is 1.36. The molecule has 0 saturated heterocycles. The molecule has 2 heteroatoms. The van der Waals surface area contributed by atoms with E-state index < -0.39 is 0 Å². The van der Waals surface area contributed by atoms with Gasteiger partial charge in [0.05, 0.1) is 0 Å². The van der Waals surface area contributed by atoms with Crippen molar-refractivity contribution in [2.75, 3.05) is 11.5 Å². The molecular formula is C24H50S2.